The van der Waals surface area contributed by atoms with Crippen LogP contribution < -0.4 is 10.1 Å². The standard InChI is InChI=1S/C16H15F2NOS/c17-16(18)20-12-5-3-4-11(10-12)19-14-8-9-21-15-7-2-1-6-13(14)15/h1-7,10,14,16,19H,8-9H2. The molecule has 2 aromatic carbocycles. The lowest BCUT2D eigenvalue weighted by Crippen LogP contribution is -2.16. The van der Waals surface area contributed by atoms with Gasteiger partial charge < -0.3 is 10.1 Å². The minimum Gasteiger partial charge on any atom is -0.435 e. The molecular weight excluding hydrogens is 292 g/mol. The molecule has 3 rings (SSSR count). The summed E-state index contributed by atoms with van der Waals surface area (Å²) in [6, 6.07) is 15.2. The van der Waals surface area contributed by atoms with Crippen molar-refractivity contribution < 1.29 is 13.5 Å². The number of ether oxygens (including phenoxy) is 1. The first-order chi connectivity index (χ1) is 10.2. The number of alkyl halides is 2. The van der Waals surface area contributed by atoms with Crippen LogP contribution in [-0.2, 0) is 0 Å². The van der Waals surface area contributed by atoms with Crippen molar-refractivity contribution in [1.82, 2.24) is 0 Å². The molecular formula is C16H15F2NOS. The van der Waals surface area contributed by atoms with Crippen molar-refractivity contribution in [2.24, 2.45) is 0 Å². The minimum absolute atomic E-state index is 0.175. The summed E-state index contributed by atoms with van der Waals surface area (Å²) >= 11 is 1.85. The van der Waals surface area contributed by atoms with Gasteiger partial charge in [0, 0.05) is 22.4 Å². The fraction of sp³-hybridized carbons (Fsp3) is 0.250. The smallest absolute Gasteiger partial charge is 0.387 e. The maximum atomic E-state index is 12.3. The van der Waals surface area contributed by atoms with Gasteiger partial charge in [0.1, 0.15) is 5.75 Å². The summed E-state index contributed by atoms with van der Waals surface area (Å²) in [5, 5.41) is 3.41. The van der Waals surface area contributed by atoms with Crippen molar-refractivity contribution in [3.63, 3.8) is 0 Å². The highest BCUT2D eigenvalue weighted by atomic mass is 32.2. The number of thioether (sulfide) groups is 1. The molecule has 1 atom stereocenters. The first kappa shape index (κ1) is 14.2. The Morgan fingerprint density at radius 2 is 2.00 bits per heavy atom. The molecule has 1 N–H and O–H groups in total. The topological polar surface area (TPSA) is 21.3 Å². The van der Waals surface area contributed by atoms with Gasteiger partial charge in [0.25, 0.3) is 0 Å². The van der Waals surface area contributed by atoms with Gasteiger partial charge in [-0.25, -0.2) is 0 Å². The second kappa shape index (κ2) is 6.35. The van der Waals surface area contributed by atoms with Crippen molar-refractivity contribution in [3.05, 3.63) is 54.1 Å². The van der Waals surface area contributed by atoms with Crippen molar-refractivity contribution in [2.75, 3.05) is 11.1 Å². The van der Waals surface area contributed by atoms with Crippen molar-refractivity contribution >= 4 is 17.4 Å². The van der Waals surface area contributed by atoms with Crippen LogP contribution in [-0.4, -0.2) is 12.4 Å². The van der Waals surface area contributed by atoms with Crippen LogP contribution in [0.2, 0.25) is 0 Å². The number of halogens is 2. The Hall–Kier alpha value is -1.75. The third-order valence-electron chi connectivity index (χ3n) is 3.36. The second-order valence-electron chi connectivity index (χ2n) is 4.78. The van der Waals surface area contributed by atoms with Gasteiger partial charge in [0.05, 0.1) is 6.04 Å². The molecule has 1 unspecified atom stereocenters. The van der Waals surface area contributed by atoms with E-state index in [0.29, 0.717) is 0 Å². The number of rotatable bonds is 4. The average molecular weight is 307 g/mol. The number of nitrogens with one attached hydrogen (secondary N) is 1. The Bertz CT molecular complexity index is 621. The summed E-state index contributed by atoms with van der Waals surface area (Å²) in [5.41, 5.74) is 2.05. The van der Waals surface area contributed by atoms with Gasteiger partial charge >= 0.3 is 6.61 Å². The van der Waals surface area contributed by atoms with E-state index >= 15 is 0 Å². The van der Waals surface area contributed by atoms with Crippen LogP contribution in [0, 0.1) is 0 Å². The molecule has 0 aromatic heterocycles. The van der Waals surface area contributed by atoms with E-state index in [9.17, 15) is 8.78 Å². The molecule has 0 radical (unpaired) electrons. The molecule has 2 aromatic rings. The van der Waals surface area contributed by atoms with Crippen molar-refractivity contribution in [3.8, 4) is 5.75 Å². The van der Waals surface area contributed by atoms with E-state index in [1.165, 1.54) is 16.5 Å². The van der Waals surface area contributed by atoms with E-state index in [0.717, 1.165) is 17.9 Å². The molecule has 1 aliphatic heterocycles. The molecule has 110 valence electrons. The Morgan fingerprint density at radius 1 is 1.14 bits per heavy atom. The maximum Gasteiger partial charge on any atom is 0.387 e. The number of anilines is 1. The predicted molar refractivity (Wildman–Crippen MR) is 81.2 cm³/mol. The Morgan fingerprint density at radius 3 is 2.86 bits per heavy atom. The van der Waals surface area contributed by atoms with Gasteiger partial charge in [0.15, 0.2) is 0 Å². The zero-order valence-electron chi connectivity index (χ0n) is 11.3. The van der Waals surface area contributed by atoms with E-state index in [1.54, 1.807) is 12.1 Å². The quantitative estimate of drug-likeness (QED) is 0.864. The lowest BCUT2D eigenvalue weighted by molar-refractivity contribution is -0.0498. The highest BCUT2D eigenvalue weighted by Crippen LogP contribution is 2.38. The van der Waals surface area contributed by atoms with Crippen LogP contribution in [0.15, 0.2) is 53.4 Å². The van der Waals surface area contributed by atoms with Crippen LogP contribution in [0.3, 0.4) is 0 Å². The lowest BCUT2D eigenvalue weighted by atomic mass is 10.0. The summed E-state index contributed by atoms with van der Waals surface area (Å²) in [6.45, 7) is -2.80. The highest BCUT2D eigenvalue weighted by molar-refractivity contribution is 7.99. The SMILES string of the molecule is FC(F)Oc1cccc(NC2CCSc3ccccc32)c1. The fourth-order valence-electron chi connectivity index (χ4n) is 2.46. The summed E-state index contributed by atoms with van der Waals surface area (Å²) in [6.07, 6.45) is 1.00. The van der Waals surface area contributed by atoms with Gasteiger partial charge in [-0.3, -0.25) is 0 Å². The molecule has 0 bridgehead atoms. The molecule has 1 heterocycles. The van der Waals surface area contributed by atoms with Crippen molar-refractivity contribution in [2.45, 2.75) is 24.0 Å². The normalized spacial score (nSPS) is 17.4. The molecule has 0 fully saturated rings. The van der Waals surface area contributed by atoms with Gasteiger partial charge in [-0.2, -0.15) is 8.78 Å². The number of hydrogen-bond acceptors (Lipinski definition) is 3. The van der Waals surface area contributed by atoms with Crippen LogP contribution >= 0.6 is 11.8 Å². The Kier molecular flexibility index (Phi) is 4.29. The second-order valence-corrected chi connectivity index (χ2v) is 5.91. The van der Waals surface area contributed by atoms with E-state index in [-0.39, 0.29) is 11.8 Å². The van der Waals surface area contributed by atoms with E-state index < -0.39 is 6.61 Å². The molecule has 1 aliphatic rings. The zero-order chi connectivity index (χ0) is 14.7. The number of benzene rings is 2. The van der Waals surface area contributed by atoms with E-state index in [2.05, 4.69) is 22.2 Å². The summed E-state index contributed by atoms with van der Waals surface area (Å²) in [4.78, 5) is 1.28. The van der Waals surface area contributed by atoms with E-state index in [4.69, 9.17) is 0 Å². The van der Waals surface area contributed by atoms with Gasteiger partial charge in [-0.05, 0) is 30.2 Å². The molecule has 5 heteroatoms. The van der Waals surface area contributed by atoms with Crippen LogP contribution in [0.4, 0.5) is 14.5 Å². The predicted octanol–water partition coefficient (Wildman–Crippen LogP) is 4.94. The largest absolute Gasteiger partial charge is 0.435 e. The van der Waals surface area contributed by atoms with Gasteiger partial charge in [-0.1, -0.05) is 24.3 Å². The highest BCUT2D eigenvalue weighted by Gasteiger charge is 2.20. The van der Waals surface area contributed by atoms with Gasteiger partial charge in [-0.15, -0.1) is 11.8 Å². The maximum absolute atomic E-state index is 12.3. The first-order valence-electron chi connectivity index (χ1n) is 6.75. The summed E-state index contributed by atoms with van der Waals surface area (Å²) in [7, 11) is 0. The van der Waals surface area contributed by atoms with Crippen LogP contribution in [0.5, 0.6) is 5.75 Å². The molecule has 21 heavy (non-hydrogen) atoms. The molecule has 0 saturated carbocycles. The first-order valence-corrected chi connectivity index (χ1v) is 7.74. The molecule has 0 spiro atoms. The average Bonchev–Trinajstić information content (AvgIpc) is 2.47. The minimum atomic E-state index is -2.80. The zero-order valence-corrected chi connectivity index (χ0v) is 12.1. The number of fused-ring (bicyclic) bond motifs is 1. The summed E-state index contributed by atoms with van der Waals surface area (Å²) < 4.78 is 29.0. The van der Waals surface area contributed by atoms with Crippen LogP contribution in [0.25, 0.3) is 0 Å². The fourth-order valence-corrected chi connectivity index (χ4v) is 3.58. The lowest BCUT2D eigenvalue weighted by Gasteiger charge is -2.26. The number of hydrogen-bond donors (Lipinski definition) is 1. The monoisotopic (exact) mass is 307 g/mol. The molecule has 2 nitrogen and oxygen atoms in total. The third kappa shape index (κ3) is 3.47. The molecule has 0 amide bonds. The van der Waals surface area contributed by atoms with E-state index in [1.807, 2.05) is 30.0 Å². The Labute approximate surface area is 126 Å². The third-order valence-corrected chi connectivity index (χ3v) is 4.48. The summed E-state index contributed by atoms with van der Waals surface area (Å²) in [5.74, 6) is 1.22. The van der Waals surface area contributed by atoms with Gasteiger partial charge in [0.2, 0.25) is 0 Å². The van der Waals surface area contributed by atoms with Crippen LogP contribution in [0.1, 0.15) is 18.0 Å². The molecule has 0 saturated heterocycles. The molecule has 0 aliphatic carbocycles. The Balaban J connectivity index is 1.78. The van der Waals surface area contributed by atoms with Crippen molar-refractivity contribution in [1.29, 1.82) is 0 Å².